The second-order valence-electron chi connectivity index (χ2n) is 3.01. The highest BCUT2D eigenvalue weighted by Crippen LogP contribution is 2.43. The first-order valence-corrected chi connectivity index (χ1v) is 3.93. The van der Waals surface area contributed by atoms with Crippen molar-refractivity contribution in [3.05, 3.63) is 0 Å². The molecule has 1 fully saturated rings. The van der Waals surface area contributed by atoms with Gasteiger partial charge >= 0.3 is 0 Å². The molecule has 0 aromatic heterocycles. The lowest BCUT2D eigenvalue weighted by atomic mass is 10.2. The molecule has 58 valence electrons. The van der Waals surface area contributed by atoms with Crippen molar-refractivity contribution in [2.24, 2.45) is 11.8 Å². The largest absolute Gasteiger partial charge is 0.396 e. The molecule has 2 heteroatoms. The standard InChI is InChI=1S/C8H14O2/c9-4-1-2-7-6-8(7)3-5-10/h4,7-8,10H,1-3,5-6H2/t7-,8+/m1/s1. The van der Waals surface area contributed by atoms with Crippen LogP contribution < -0.4 is 0 Å². The molecule has 1 rings (SSSR count). The van der Waals surface area contributed by atoms with E-state index in [1.807, 2.05) is 0 Å². The highest BCUT2D eigenvalue weighted by atomic mass is 16.3. The van der Waals surface area contributed by atoms with Gasteiger partial charge in [-0.05, 0) is 31.1 Å². The molecule has 0 spiro atoms. The normalized spacial score (nSPS) is 30.1. The maximum atomic E-state index is 9.95. The summed E-state index contributed by atoms with van der Waals surface area (Å²) in [4.78, 5) is 9.95. The molecule has 0 bridgehead atoms. The van der Waals surface area contributed by atoms with E-state index in [1.165, 1.54) is 6.42 Å². The first-order valence-electron chi connectivity index (χ1n) is 3.93. The highest BCUT2D eigenvalue weighted by molar-refractivity contribution is 5.49. The first kappa shape index (κ1) is 7.73. The zero-order valence-electron chi connectivity index (χ0n) is 6.12. The molecule has 0 aromatic carbocycles. The van der Waals surface area contributed by atoms with Gasteiger partial charge < -0.3 is 9.90 Å². The van der Waals surface area contributed by atoms with Gasteiger partial charge in [0.15, 0.2) is 0 Å². The van der Waals surface area contributed by atoms with Gasteiger partial charge in [-0.3, -0.25) is 0 Å². The van der Waals surface area contributed by atoms with Gasteiger partial charge in [0.2, 0.25) is 0 Å². The van der Waals surface area contributed by atoms with Crippen LogP contribution >= 0.6 is 0 Å². The van der Waals surface area contributed by atoms with E-state index in [1.54, 1.807) is 0 Å². The van der Waals surface area contributed by atoms with Crippen molar-refractivity contribution in [1.29, 1.82) is 0 Å². The summed E-state index contributed by atoms with van der Waals surface area (Å²) in [7, 11) is 0. The summed E-state index contributed by atoms with van der Waals surface area (Å²) in [5.41, 5.74) is 0. The van der Waals surface area contributed by atoms with Gasteiger partial charge in [0.1, 0.15) is 6.29 Å². The fourth-order valence-electron chi connectivity index (χ4n) is 1.47. The Balaban J connectivity index is 1.96. The van der Waals surface area contributed by atoms with Gasteiger partial charge in [0, 0.05) is 13.0 Å². The Morgan fingerprint density at radius 2 is 2.10 bits per heavy atom. The third kappa shape index (κ3) is 2.10. The smallest absolute Gasteiger partial charge is 0.120 e. The third-order valence-electron chi connectivity index (χ3n) is 2.22. The van der Waals surface area contributed by atoms with Crippen LogP contribution in [0.2, 0.25) is 0 Å². The first-order chi connectivity index (χ1) is 4.88. The second kappa shape index (κ2) is 3.71. The molecule has 0 saturated heterocycles. The number of hydrogen-bond donors (Lipinski definition) is 1. The van der Waals surface area contributed by atoms with E-state index in [-0.39, 0.29) is 0 Å². The van der Waals surface area contributed by atoms with Crippen LogP contribution in [0.5, 0.6) is 0 Å². The van der Waals surface area contributed by atoms with Crippen LogP contribution in [0.4, 0.5) is 0 Å². The minimum atomic E-state index is 0.308. The zero-order valence-corrected chi connectivity index (χ0v) is 6.12. The molecule has 10 heavy (non-hydrogen) atoms. The maximum Gasteiger partial charge on any atom is 0.120 e. The molecular weight excluding hydrogens is 128 g/mol. The molecule has 2 atom stereocenters. The van der Waals surface area contributed by atoms with Gasteiger partial charge in [-0.2, -0.15) is 0 Å². The van der Waals surface area contributed by atoms with E-state index in [0.717, 1.165) is 31.0 Å². The highest BCUT2D eigenvalue weighted by Gasteiger charge is 2.34. The molecule has 0 radical (unpaired) electrons. The average molecular weight is 142 g/mol. The van der Waals surface area contributed by atoms with Gasteiger partial charge in [-0.1, -0.05) is 0 Å². The van der Waals surface area contributed by atoms with Crippen LogP contribution in [-0.2, 0) is 4.79 Å². The van der Waals surface area contributed by atoms with Crippen molar-refractivity contribution in [2.45, 2.75) is 25.7 Å². The number of carbonyl (C=O) groups excluding carboxylic acids is 1. The zero-order chi connectivity index (χ0) is 7.40. The number of aldehydes is 1. The third-order valence-corrected chi connectivity index (χ3v) is 2.22. The molecule has 0 aliphatic heterocycles. The average Bonchev–Trinajstić information content (AvgIpc) is 2.65. The second-order valence-corrected chi connectivity index (χ2v) is 3.01. The van der Waals surface area contributed by atoms with E-state index in [4.69, 9.17) is 5.11 Å². The summed E-state index contributed by atoms with van der Waals surface area (Å²) in [6.07, 6.45) is 4.88. The topological polar surface area (TPSA) is 37.3 Å². The maximum absolute atomic E-state index is 9.95. The minimum absolute atomic E-state index is 0.308. The predicted molar refractivity (Wildman–Crippen MR) is 38.6 cm³/mol. The van der Waals surface area contributed by atoms with Gasteiger partial charge in [0.25, 0.3) is 0 Å². The molecule has 1 saturated carbocycles. The van der Waals surface area contributed by atoms with Crippen molar-refractivity contribution in [1.82, 2.24) is 0 Å². The molecule has 0 heterocycles. The van der Waals surface area contributed by atoms with Crippen molar-refractivity contribution >= 4 is 6.29 Å². The SMILES string of the molecule is O=CCC[C@@H]1C[C@@H]1CCO. The van der Waals surface area contributed by atoms with Crippen molar-refractivity contribution in [3.63, 3.8) is 0 Å². The lowest BCUT2D eigenvalue weighted by Gasteiger charge is -1.92. The summed E-state index contributed by atoms with van der Waals surface area (Å²) in [5.74, 6) is 1.47. The predicted octanol–water partition coefficient (Wildman–Crippen LogP) is 0.984. The Morgan fingerprint density at radius 3 is 2.70 bits per heavy atom. The van der Waals surface area contributed by atoms with Crippen LogP contribution in [0.15, 0.2) is 0 Å². The van der Waals surface area contributed by atoms with Crippen molar-refractivity contribution < 1.29 is 9.90 Å². The van der Waals surface area contributed by atoms with E-state index in [0.29, 0.717) is 13.0 Å². The Hall–Kier alpha value is -0.370. The van der Waals surface area contributed by atoms with Crippen molar-refractivity contribution in [2.75, 3.05) is 6.61 Å². The lowest BCUT2D eigenvalue weighted by molar-refractivity contribution is -0.108. The van der Waals surface area contributed by atoms with Crippen LogP contribution in [0, 0.1) is 11.8 Å². The van der Waals surface area contributed by atoms with Crippen LogP contribution in [0.25, 0.3) is 0 Å². The molecule has 1 N–H and O–H groups in total. The van der Waals surface area contributed by atoms with Gasteiger partial charge in [-0.15, -0.1) is 0 Å². The molecule has 0 aromatic rings. The Labute approximate surface area is 61.2 Å². The number of aliphatic hydroxyl groups excluding tert-OH is 1. The van der Waals surface area contributed by atoms with Gasteiger partial charge in [-0.25, -0.2) is 0 Å². The summed E-state index contributed by atoms with van der Waals surface area (Å²) < 4.78 is 0. The fraction of sp³-hybridized carbons (Fsp3) is 0.875. The fourth-order valence-corrected chi connectivity index (χ4v) is 1.47. The summed E-state index contributed by atoms with van der Waals surface area (Å²) in [6.45, 7) is 0.308. The number of carbonyl (C=O) groups is 1. The van der Waals surface area contributed by atoms with Crippen molar-refractivity contribution in [3.8, 4) is 0 Å². The quantitative estimate of drug-likeness (QED) is 0.581. The van der Waals surface area contributed by atoms with Crippen LogP contribution in [0.3, 0.4) is 0 Å². The van der Waals surface area contributed by atoms with E-state index in [2.05, 4.69) is 0 Å². The summed E-state index contributed by atoms with van der Waals surface area (Å²) in [6, 6.07) is 0. The minimum Gasteiger partial charge on any atom is -0.396 e. The van der Waals surface area contributed by atoms with E-state index >= 15 is 0 Å². The number of rotatable bonds is 5. The Bertz CT molecular complexity index is 112. The number of aliphatic hydroxyl groups is 1. The Morgan fingerprint density at radius 1 is 1.40 bits per heavy atom. The van der Waals surface area contributed by atoms with E-state index < -0.39 is 0 Å². The molecular formula is C8H14O2. The molecule has 0 unspecified atom stereocenters. The molecule has 1 aliphatic rings. The molecule has 1 aliphatic carbocycles. The summed E-state index contributed by atoms with van der Waals surface area (Å²) in [5, 5.41) is 8.55. The van der Waals surface area contributed by atoms with Gasteiger partial charge in [0.05, 0.1) is 0 Å². The molecule has 2 nitrogen and oxygen atoms in total. The van der Waals surface area contributed by atoms with Crippen LogP contribution in [0.1, 0.15) is 25.7 Å². The monoisotopic (exact) mass is 142 g/mol. The Kier molecular flexibility index (Phi) is 2.87. The van der Waals surface area contributed by atoms with E-state index in [9.17, 15) is 4.79 Å². The molecule has 0 amide bonds. The lowest BCUT2D eigenvalue weighted by Crippen LogP contribution is -1.88. The number of hydrogen-bond acceptors (Lipinski definition) is 2. The summed E-state index contributed by atoms with van der Waals surface area (Å²) >= 11 is 0. The van der Waals surface area contributed by atoms with Crippen LogP contribution in [-0.4, -0.2) is 18.0 Å².